The Hall–Kier alpha value is -2.47. The summed E-state index contributed by atoms with van der Waals surface area (Å²) in [7, 11) is 3.75. The summed E-state index contributed by atoms with van der Waals surface area (Å²) >= 11 is 0. The van der Waals surface area contributed by atoms with Gasteiger partial charge in [-0.25, -0.2) is 4.39 Å². The lowest BCUT2D eigenvalue weighted by Gasteiger charge is -2.12. The second-order valence-corrected chi connectivity index (χ2v) is 5.50. The summed E-state index contributed by atoms with van der Waals surface area (Å²) in [6.07, 6.45) is 0.450. The molecule has 5 nitrogen and oxygen atoms in total. The number of rotatable bonds is 7. The highest BCUT2D eigenvalue weighted by Crippen LogP contribution is 2.28. The van der Waals surface area contributed by atoms with Gasteiger partial charge < -0.3 is 9.64 Å². The largest absolute Gasteiger partial charge is 0.486 e. The number of nitro groups is 1. The predicted octanol–water partition coefficient (Wildman–Crippen LogP) is 3.42. The number of hydrogen-bond acceptors (Lipinski definition) is 4. The molecule has 0 radical (unpaired) electrons. The molecule has 0 aliphatic rings. The van der Waals surface area contributed by atoms with Gasteiger partial charge in [-0.2, -0.15) is 0 Å². The number of benzene rings is 2. The quantitative estimate of drug-likeness (QED) is 0.580. The molecule has 122 valence electrons. The second kappa shape index (κ2) is 7.69. The Kier molecular flexibility index (Phi) is 5.65. The molecule has 0 unspecified atom stereocenters. The van der Waals surface area contributed by atoms with E-state index in [9.17, 15) is 14.5 Å². The Labute approximate surface area is 134 Å². The van der Waals surface area contributed by atoms with E-state index in [2.05, 4.69) is 0 Å². The Bertz CT molecular complexity index is 675. The molecule has 2 aromatic carbocycles. The molecule has 0 N–H and O–H groups in total. The highest BCUT2D eigenvalue weighted by Gasteiger charge is 2.19. The molecule has 0 spiro atoms. The van der Waals surface area contributed by atoms with Crippen molar-refractivity contribution in [2.45, 2.75) is 13.0 Å². The molecule has 0 atom stereocenters. The zero-order valence-electron chi connectivity index (χ0n) is 13.2. The van der Waals surface area contributed by atoms with E-state index in [1.54, 1.807) is 0 Å². The molecule has 0 saturated heterocycles. The summed E-state index contributed by atoms with van der Waals surface area (Å²) in [5.41, 5.74) is 1.16. The number of likely N-dealkylation sites (N-methyl/N-ethyl adjacent to an activating group) is 1. The highest BCUT2D eigenvalue weighted by molar-refractivity contribution is 5.46. The van der Waals surface area contributed by atoms with Crippen LogP contribution in [0.4, 0.5) is 10.1 Å². The van der Waals surface area contributed by atoms with Crippen LogP contribution in [0.15, 0.2) is 42.5 Å². The fourth-order valence-corrected chi connectivity index (χ4v) is 2.15. The van der Waals surface area contributed by atoms with Gasteiger partial charge in [-0.05, 0) is 32.1 Å². The van der Waals surface area contributed by atoms with Crippen LogP contribution >= 0.6 is 0 Å². The molecule has 23 heavy (non-hydrogen) atoms. The maximum Gasteiger partial charge on any atom is 0.275 e. The molecule has 0 aliphatic heterocycles. The van der Waals surface area contributed by atoms with Crippen molar-refractivity contribution < 1.29 is 14.1 Å². The Morgan fingerprint density at radius 2 is 1.91 bits per heavy atom. The van der Waals surface area contributed by atoms with Crippen molar-refractivity contribution in [3.05, 3.63) is 69.5 Å². The van der Waals surface area contributed by atoms with Crippen molar-refractivity contribution in [1.29, 1.82) is 0 Å². The van der Waals surface area contributed by atoms with Gasteiger partial charge >= 0.3 is 0 Å². The number of halogens is 1. The third-order valence-electron chi connectivity index (χ3n) is 3.40. The van der Waals surface area contributed by atoms with Gasteiger partial charge in [0, 0.05) is 12.1 Å². The topological polar surface area (TPSA) is 55.6 Å². The smallest absolute Gasteiger partial charge is 0.275 e. The van der Waals surface area contributed by atoms with E-state index in [0.717, 1.165) is 11.6 Å². The van der Waals surface area contributed by atoms with Crippen LogP contribution in [0.3, 0.4) is 0 Å². The average molecular weight is 318 g/mol. The first-order chi connectivity index (χ1) is 11.0. The molecule has 2 aromatic rings. The number of ether oxygens (including phenoxy) is 1. The fraction of sp³-hybridized carbons (Fsp3) is 0.294. The summed E-state index contributed by atoms with van der Waals surface area (Å²) in [6.45, 7) is 0.841. The summed E-state index contributed by atoms with van der Waals surface area (Å²) in [4.78, 5) is 12.4. The molecule has 0 heterocycles. The lowest BCUT2D eigenvalue weighted by molar-refractivity contribution is -0.385. The third-order valence-corrected chi connectivity index (χ3v) is 3.40. The summed E-state index contributed by atoms with van der Waals surface area (Å²) in [5.74, 6) is -0.686. The van der Waals surface area contributed by atoms with E-state index in [0.29, 0.717) is 18.5 Å². The highest BCUT2D eigenvalue weighted by atomic mass is 19.1. The van der Waals surface area contributed by atoms with Crippen LogP contribution in [0.2, 0.25) is 0 Å². The van der Waals surface area contributed by atoms with Gasteiger partial charge in [0.05, 0.1) is 11.0 Å². The van der Waals surface area contributed by atoms with E-state index in [1.807, 2.05) is 49.3 Å². The molecular weight excluding hydrogens is 299 g/mol. The minimum Gasteiger partial charge on any atom is -0.486 e. The number of nitrogens with zero attached hydrogens (tertiary/aromatic N) is 2. The molecular formula is C17H19FN2O3. The minimum atomic E-state index is -0.721. The van der Waals surface area contributed by atoms with Crippen LogP contribution < -0.4 is 4.74 Å². The van der Waals surface area contributed by atoms with Crippen molar-refractivity contribution in [2.24, 2.45) is 0 Å². The molecule has 0 aliphatic carbocycles. The molecule has 6 heteroatoms. The van der Waals surface area contributed by atoms with Crippen LogP contribution in [0.5, 0.6) is 5.75 Å². The maximum atomic E-state index is 14.1. The third kappa shape index (κ3) is 4.75. The van der Waals surface area contributed by atoms with Gasteiger partial charge in [0.15, 0.2) is 11.6 Å². The fourth-order valence-electron chi connectivity index (χ4n) is 2.15. The molecule has 0 saturated carbocycles. The van der Waals surface area contributed by atoms with Gasteiger partial charge in [-0.3, -0.25) is 10.1 Å². The first kappa shape index (κ1) is 16.9. The zero-order valence-corrected chi connectivity index (χ0v) is 13.2. The van der Waals surface area contributed by atoms with Gasteiger partial charge in [-0.15, -0.1) is 0 Å². The van der Waals surface area contributed by atoms with E-state index >= 15 is 0 Å². The standard InChI is InChI=1S/C17H19FN2O3/c1-19(2)9-8-14-10-17(15(18)11-16(14)20(21)22)23-12-13-6-4-3-5-7-13/h3-7,10-11H,8-9,12H2,1-2H3. The molecule has 0 bridgehead atoms. The van der Waals surface area contributed by atoms with Crippen LogP contribution in [-0.4, -0.2) is 30.5 Å². The maximum absolute atomic E-state index is 14.1. The lowest BCUT2D eigenvalue weighted by Crippen LogP contribution is -2.16. The first-order valence-corrected chi connectivity index (χ1v) is 7.25. The van der Waals surface area contributed by atoms with Crippen LogP contribution in [-0.2, 0) is 13.0 Å². The van der Waals surface area contributed by atoms with Crippen molar-refractivity contribution in [3.63, 3.8) is 0 Å². The SMILES string of the molecule is CN(C)CCc1cc(OCc2ccccc2)c(F)cc1[N+](=O)[O-]. The van der Waals surface area contributed by atoms with Crippen LogP contribution in [0.1, 0.15) is 11.1 Å². The molecule has 0 fully saturated rings. The molecule has 0 amide bonds. The van der Waals surface area contributed by atoms with Crippen molar-refractivity contribution >= 4 is 5.69 Å². The summed E-state index contributed by atoms with van der Waals surface area (Å²) in [6, 6.07) is 11.7. The minimum absolute atomic E-state index is 0.0354. The number of nitro benzene ring substituents is 1. The summed E-state index contributed by atoms with van der Waals surface area (Å²) in [5, 5.41) is 11.1. The zero-order chi connectivity index (χ0) is 16.8. The molecule has 0 aromatic heterocycles. The van der Waals surface area contributed by atoms with Crippen molar-refractivity contribution in [2.75, 3.05) is 20.6 Å². The van der Waals surface area contributed by atoms with Crippen molar-refractivity contribution in [1.82, 2.24) is 4.90 Å². The van der Waals surface area contributed by atoms with Gasteiger partial charge in [-0.1, -0.05) is 30.3 Å². The average Bonchev–Trinajstić information content (AvgIpc) is 2.52. The van der Waals surface area contributed by atoms with E-state index in [-0.39, 0.29) is 18.0 Å². The Balaban J connectivity index is 2.21. The van der Waals surface area contributed by atoms with Crippen LogP contribution in [0, 0.1) is 15.9 Å². The first-order valence-electron chi connectivity index (χ1n) is 7.25. The van der Waals surface area contributed by atoms with E-state index in [4.69, 9.17) is 4.74 Å². The monoisotopic (exact) mass is 318 g/mol. The lowest BCUT2D eigenvalue weighted by atomic mass is 10.1. The summed E-state index contributed by atoms with van der Waals surface area (Å²) < 4.78 is 19.5. The van der Waals surface area contributed by atoms with E-state index in [1.165, 1.54) is 6.07 Å². The van der Waals surface area contributed by atoms with Gasteiger partial charge in [0.1, 0.15) is 6.61 Å². The van der Waals surface area contributed by atoms with Crippen molar-refractivity contribution in [3.8, 4) is 5.75 Å². The van der Waals surface area contributed by atoms with Gasteiger partial charge in [0.2, 0.25) is 0 Å². The Morgan fingerprint density at radius 3 is 2.52 bits per heavy atom. The molecule has 2 rings (SSSR count). The van der Waals surface area contributed by atoms with Crippen LogP contribution in [0.25, 0.3) is 0 Å². The normalized spacial score (nSPS) is 10.8. The second-order valence-electron chi connectivity index (χ2n) is 5.50. The van der Waals surface area contributed by atoms with E-state index < -0.39 is 10.7 Å². The Morgan fingerprint density at radius 1 is 1.22 bits per heavy atom. The van der Waals surface area contributed by atoms with Gasteiger partial charge in [0.25, 0.3) is 5.69 Å². The predicted molar refractivity (Wildman–Crippen MR) is 86.1 cm³/mol. The number of hydrogen-bond donors (Lipinski definition) is 0.